The average Bonchev–Trinajstić information content (AvgIpc) is 3.36. The molecular weight excluding hydrogens is 456 g/mol. The molecule has 0 aliphatic carbocycles. The van der Waals surface area contributed by atoms with Crippen LogP contribution >= 0.6 is 0 Å². The van der Waals surface area contributed by atoms with Gasteiger partial charge >= 0.3 is 5.97 Å². The van der Waals surface area contributed by atoms with Crippen molar-refractivity contribution >= 4 is 27.7 Å². The number of rotatable bonds is 8. The highest BCUT2D eigenvalue weighted by atomic mass is 32.2. The normalized spacial score (nSPS) is 14.6. The highest BCUT2D eigenvalue weighted by Gasteiger charge is 2.27. The minimum atomic E-state index is -3.56. The zero-order valence-electron chi connectivity index (χ0n) is 19.7. The Balaban J connectivity index is 1.47. The van der Waals surface area contributed by atoms with Gasteiger partial charge < -0.3 is 10.1 Å². The zero-order valence-corrected chi connectivity index (χ0v) is 20.5. The zero-order chi connectivity index (χ0) is 24.9. The Bertz CT molecular complexity index is 1140. The van der Waals surface area contributed by atoms with Gasteiger partial charge in [0.05, 0.1) is 4.90 Å². The summed E-state index contributed by atoms with van der Waals surface area (Å²) in [6, 6.07) is 12.7. The summed E-state index contributed by atoms with van der Waals surface area (Å²) in [4.78, 5) is 36.6. The summed E-state index contributed by atoms with van der Waals surface area (Å²) in [6.45, 7) is 6.33. The van der Waals surface area contributed by atoms with Gasteiger partial charge in [-0.05, 0) is 60.2 Å². The molecule has 0 bridgehead atoms. The third-order valence-electron chi connectivity index (χ3n) is 5.65. The van der Waals surface area contributed by atoms with E-state index in [4.69, 9.17) is 4.74 Å². The maximum Gasteiger partial charge on any atom is 0.325 e. The molecule has 1 aliphatic heterocycles. The van der Waals surface area contributed by atoms with Crippen molar-refractivity contribution in [2.24, 2.45) is 0 Å². The van der Waals surface area contributed by atoms with Gasteiger partial charge in [0.15, 0.2) is 12.4 Å². The lowest BCUT2D eigenvalue weighted by molar-refractivity contribution is -0.141. The fraction of sp³-hybridized carbons (Fsp3) is 0.400. The Morgan fingerprint density at radius 1 is 0.912 bits per heavy atom. The van der Waals surface area contributed by atoms with Crippen LogP contribution in [0.15, 0.2) is 53.4 Å². The third-order valence-corrected chi connectivity index (χ3v) is 7.56. The maximum absolute atomic E-state index is 12.6. The lowest BCUT2D eigenvalue weighted by atomic mass is 9.87. The molecule has 34 heavy (non-hydrogen) atoms. The van der Waals surface area contributed by atoms with E-state index in [1.54, 1.807) is 12.1 Å². The van der Waals surface area contributed by atoms with E-state index < -0.39 is 34.3 Å². The van der Waals surface area contributed by atoms with Crippen LogP contribution in [0.4, 0.5) is 0 Å². The first kappa shape index (κ1) is 25.6. The molecule has 0 unspecified atom stereocenters. The van der Waals surface area contributed by atoms with Crippen LogP contribution in [0.5, 0.6) is 0 Å². The standard InChI is InChI=1S/C25H30N2O6S/c1-25(2,3)20-10-6-19(7-11-20)24(30)26-16-23(29)33-17-22(28)18-8-12-21(13-9-18)34(31,32)27-14-4-5-15-27/h6-13H,4-5,14-17H2,1-3H3,(H,26,30). The fourth-order valence-electron chi connectivity index (χ4n) is 3.55. The van der Waals surface area contributed by atoms with E-state index in [0.717, 1.165) is 18.4 Å². The number of esters is 1. The fourth-order valence-corrected chi connectivity index (χ4v) is 5.06. The average molecular weight is 487 g/mol. The van der Waals surface area contributed by atoms with Crippen LogP contribution in [-0.4, -0.2) is 56.6 Å². The van der Waals surface area contributed by atoms with Gasteiger partial charge in [-0.2, -0.15) is 4.31 Å². The molecule has 8 nitrogen and oxygen atoms in total. The largest absolute Gasteiger partial charge is 0.456 e. The second-order valence-electron chi connectivity index (χ2n) is 9.23. The number of sulfonamides is 1. The SMILES string of the molecule is CC(C)(C)c1ccc(C(=O)NCC(=O)OCC(=O)c2ccc(S(=O)(=O)N3CCCC3)cc2)cc1. The molecule has 0 aromatic heterocycles. The van der Waals surface area contributed by atoms with E-state index in [1.807, 2.05) is 12.1 Å². The number of nitrogens with one attached hydrogen (secondary N) is 1. The van der Waals surface area contributed by atoms with Crippen molar-refractivity contribution in [3.05, 3.63) is 65.2 Å². The van der Waals surface area contributed by atoms with E-state index >= 15 is 0 Å². The first-order chi connectivity index (χ1) is 16.0. The van der Waals surface area contributed by atoms with E-state index in [9.17, 15) is 22.8 Å². The Hall–Kier alpha value is -3.04. The van der Waals surface area contributed by atoms with Crippen molar-refractivity contribution in [1.29, 1.82) is 0 Å². The summed E-state index contributed by atoms with van der Waals surface area (Å²) < 4.78 is 31.5. The summed E-state index contributed by atoms with van der Waals surface area (Å²) in [5.41, 5.74) is 1.70. The highest BCUT2D eigenvalue weighted by Crippen LogP contribution is 2.22. The first-order valence-corrected chi connectivity index (χ1v) is 12.6. The number of hydrogen-bond acceptors (Lipinski definition) is 6. The van der Waals surface area contributed by atoms with Gasteiger partial charge in [-0.3, -0.25) is 14.4 Å². The van der Waals surface area contributed by atoms with Crippen molar-refractivity contribution in [3.63, 3.8) is 0 Å². The number of benzene rings is 2. The molecule has 2 aromatic rings. The summed E-state index contributed by atoms with van der Waals surface area (Å²) in [6.07, 6.45) is 1.68. The lowest BCUT2D eigenvalue weighted by Crippen LogP contribution is -2.31. The summed E-state index contributed by atoms with van der Waals surface area (Å²) >= 11 is 0. The van der Waals surface area contributed by atoms with Gasteiger partial charge in [-0.15, -0.1) is 0 Å². The molecule has 3 rings (SSSR count). The summed E-state index contributed by atoms with van der Waals surface area (Å²) in [5.74, 6) is -1.64. The van der Waals surface area contributed by atoms with E-state index in [0.29, 0.717) is 18.7 Å². The molecule has 1 N–H and O–H groups in total. The smallest absolute Gasteiger partial charge is 0.325 e. The van der Waals surface area contributed by atoms with Crippen LogP contribution in [0.25, 0.3) is 0 Å². The van der Waals surface area contributed by atoms with Crippen LogP contribution in [0.3, 0.4) is 0 Å². The van der Waals surface area contributed by atoms with Gasteiger partial charge in [-0.25, -0.2) is 8.42 Å². The second-order valence-corrected chi connectivity index (χ2v) is 11.2. The van der Waals surface area contributed by atoms with Crippen LogP contribution in [0, 0.1) is 0 Å². The predicted octanol–water partition coefficient (Wildman–Crippen LogP) is 2.92. The van der Waals surface area contributed by atoms with Crippen molar-refractivity contribution in [2.75, 3.05) is 26.2 Å². The van der Waals surface area contributed by atoms with E-state index in [-0.39, 0.29) is 22.4 Å². The highest BCUT2D eigenvalue weighted by molar-refractivity contribution is 7.89. The monoisotopic (exact) mass is 486 g/mol. The summed E-state index contributed by atoms with van der Waals surface area (Å²) in [5, 5.41) is 2.48. The van der Waals surface area contributed by atoms with Crippen molar-refractivity contribution in [2.45, 2.75) is 43.9 Å². The Kier molecular flexibility index (Phi) is 7.89. The minimum absolute atomic E-state index is 0.0339. The van der Waals surface area contributed by atoms with E-state index in [2.05, 4.69) is 26.1 Å². The molecule has 1 saturated heterocycles. The Morgan fingerprint density at radius 3 is 2.03 bits per heavy atom. The Morgan fingerprint density at radius 2 is 1.47 bits per heavy atom. The molecule has 0 spiro atoms. The van der Waals surface area contributed by atoms with Crippen LogP contribution in [0.2, 0.25) is 0 Å². The molecule has 1 aliphatic rings. The van der Waals surface area contributed by atoms with Crippen LogP contribution < -0.4 is 5.32 Å². The van der Waals surface area contributed by atoms with Crippen molar-refractivity contribution in [1.82, 2.24) is 9.62 Å². The topological polar surface area (TPSA) is 110 Å². The number of nitrogens with zero attached hydrogens (tertiary/aromatic N) is 1. The first-order valence-electron chi connectivity index (χ1n) is 11.2. The molecule has 9 heteroatoms. The molecule has 0 radical (unpaired) electrons. The van der Waals surface area contributed by atoms with Gasteiger partial charge in [0.25, 0.3) is 5.91 Å². The van der Waals surface area contributed by atoms with Gasteiger partial charge in [0.1, 0.15) is 6.54 Å². The number of ketones is 1. The maximum atomic E-state index is 12.6. The third kappa shape index (κ3) is 6.30. The number of Topliss-reactive ketones (excluding diaryl/α,β-unsaturated/α-hetero) is 1. The number of amides is 1. The van der Waals surface area contributed by atoms with Gasteiger partial charge in [0, 0.05) is 24.2 Å². The van der Waals surface area contributed by atoms with E-state index in [1.165, 1.54) is 28.6 Å². The molecule has 0 atom stereocenters. The number of carbonyl (C=O) groups excluding carboxylic acids is 3. The quantitative estimate of drug-likeness (QED) is 0.454. The van der Waals surface area contributed by atoms with Gasteiger partial charge in [-0.1, -0.05) is 32.9 Å². The van der Waals surface area contributed by atoms with Crippen molar-refractivity contribution < 1.29 is 27.5 Å². The minimum Gasteiger partial charge on any atom is -0.456 e. The second kappa shape index (κ2) is 10.5. The molecule has 1 amide bonds. The van der Waals surface area contributed by atoms with Crippen LogP contribution in [-0.2, 0) is 25.0 Å². The Labute approximate surface area is 200 Å². The molecule has 182 valence electrons. The number of hydrogen-bond donors (Lipinski definition) is 1. The molecule has 2 aromatic carbocycles. The molecule has 1 fully saturated rings. The molecule has 0 saturated carbocycles. The molecule has 1 heterocycles. The number of carbonyl (C=O) groups is 3. The molecular formula is C25H30N2O6S. The van der Waals surface area contributed by atoms with Gasteiger partial charge in [0.2, 0.25) is 10.0 Å². The predicted molar refractivity (Wildman–Crippen MR) is 127 cm³/mol. The summed E-state index contributed by atoms with van der Waals surface area (Å²) in [7, 11) is -3.56. The number of ether oxygens (including phenoxy) is 1. The van der Waals surface area contributed by atoms with Crippen molar-refractivity contribution in [3.8, 4) is 0 Å². The van der Waals surface area contributed by atoms with Crippen LogP contribution in [0.1, 0.15) is 59.9 Å². The lowest BCUT2D eigenvalue weighted by Gasteiger charge is -2.19.